The maximum absolute atomic E-state index is 19.3. The van der Waals surface area contributed by atoms with Crippen molar-refractivity contribution in [2.24, 2.45) is 34.5 Å². The molecule has 4 aromatic rings. The van der Waals surface area contributed by atoms with E-state index in [0.717, 1.165) is 0 Å². The van der Waals surface area contributed by atoms with Crippen LogP contribution in [0.25, 0.3) is 11.1 Å². The van der Waals surface area contributed by atoms with E-state index in [0.29, 0.717) is 38.8 Å². The Morgan fingerprint density at radius 1 is 0.586 bits per heavy atom. The number of benzene rings is 4. The van der Waals surface area contributed by atoms with Crippen molar-refractivity contribution in [1.82, 2.24) is 10.6 Å². The number of Topliss-reactive ketones (excluding diaryl/α,β-unsaturated/α-hetero) is 3. The number of phenols is 2. The molecule has 0 aromatic heterocycles. The molecule has 4 aliphatic rings. The highest BCUT2D eigenvalue weighted by molar-refractivity contribution is 6.19. The van der Waals surface area contributed by atoms with Gasteiger partial charge in [-0.2, -0.15) is 0 Å². The van der Waals surface area contributed by atoms with Crippen LogP contribution in [0.4, 0.5) is 17.6 Å². The first kappa shape index (κ1) is 50.4. The van der Waals surface area contributed by atoms with Crippen molar-refractivity contribution >= 4 is 28.5 Å². The van der Waals surface area contributed by atoms with Gasteiger partial charge in [0.25, 0.3) is 0 Å². The predicted molar refractivity (Wildman–Crippen MR) is 260 cm³/mol. The fraction of sp³-hybridized carbons (Fsp3) is 0.386. The van der Waals surface area contributed by atoms with Crippen molar-refractivity contribution in [1.29, 1.82) is 0 Å². The fourth-order valence-corrected chi connectivity index (χ4v) is 12.5. The molecule has 8 rings (SSSR count). The molecule has 2 heterocycles. The van der Waals surface area contributed by atoms with Crippen LogP contribution in [-0.2, 0) is 4.79 Å². The Kier molecular flexibility index (Phi) is 14.7. The quantitative estimate of drug-likeness (QED) is 0.0535. The number of halogens is 4. The summed E-state index contributed by atoms with van der Waals surface area (Å²) in [5, 5.41) is 51.0. The Bertz CT molecular complexity index is 2680. The molecule has 0 saturated carbocycles. The van der Waals surface area contributed by atoms with E-state index in [1.165, 1.54) is 100 Å². The van der Waals surface area contributed by atoms with Gasteiger partial charge in [0.2, 0.25) is 0 Å². The van der Waals surface area contributed by atoms with Gasteiger partial charge in [0.1, 0.15) is 34.8 Å². The summed E-state index contributed by atoms with van der Waals surface area (Å²) in [7, 11) is 0. The van der Waals surface area contributed by atoms with Crippen LogP contribution in [0.15, 0.2) is 119 Å². The summed E-state index contributed by atoms with van der Waals surface area (Å²) >= 11 is 0. The summed E-state index contributed by atoms with van der Waals surface area (Å²) in [6.07, 6.45) is 0.357. The second kappa shape index (κ2) is 20.4. The van der Waals surface area contributed by atoms with Gasteiger partial charge < -0.3 is 31.1 Å². The van der Waals surface area contributed by atoms with Crippen LogP contribution in [0.5, 0.6) is 11.5 Å². The Morgan fingerprint density at radius 3 is 1.31 bits per heavy atom. The van der Waals surface area contributed by atoms with Crippen LogP contribution in [0, 0.1) is 60.0 Å². The van der Waals surface area contributed by atoms with E-state index < -0.39 is 101 Å². The molecule has 2 saturated heterocycles. The minimum absolute atomic E-state index is 0.0170. The molecule has 70 heavy (non-hydrogen) atoms. The van der Waals surface area contributed by atoms with Crippen LogP contribution in [-0.4, -0.2) is 77.2 Å². The Labute approximate surface area is 405 Å². The number of phenolic OH excluding ortho intramolecular Hbond substituents is 2. The molecule has 6 atom stereocenters. The van der Waals surface area contributed by atoms with E-state index in [-0.39, 0.29) is 91.4 Å². The molecule has 2 aliphatic heterocycles. The summed E-state index contributed by atoms with van der Waals surface area (Å²) < 4.78 is 70.0. The molecule has 0 radical (unpaired) electrons. The highest BCUT2D eigenvalue weighted by Crippen LogP contribution is 2.66. The molecule has 2 unspecified atom stereocenters. The number of hydrogen-bond acceptors (Lipinski definition) is 9. The first-order valence-electron chi connectivity index (χ1n) is 24.2. The average Bonchev–Trinajstić information content (AvgIpc) is 3.36. The lowest BCUT2D eigenvalue weighted by atomic mass is 9.46. The second-order valence-electron chi connectivity index (χ2n) is 19.4. The van der Waals surface area contributed by atoms with Crippen molar-refractivity contribution in [2.75, 3.05) is 39.4 Å². The average molecular weight is 961 g/mol. The minimum Gasteiger partial charge on any atom is -0.508 e. The highest BCUT2D eigenvalue weighted by atomic mass is 19.1. The molecule has 4 aromatic carbocycles. The number of aliphatic hydroxyl groups excluding tert-OH is 2. The molecule has 0 spiro atoms. The summed E-state index contributed by atoms with van der Waals surface area (Å²) in [5.41, 5.74) is -5.32. The van der Waals surface area contributed by atoms with Gasteiger partial charge in [-0.25, -0.2) is 17.6 Å². The molecule has 6 N–H and O–H groups in total. The normalized spacial score (nSPS) is 25.4. The molecule has 2 fully saturated rings. The van der Waals surface area contributed by atoms with Crippen LogP contribution >= 0.6 is 0 Å². The number of allylic oxidation sites excluding steroid dienone is 8. The summed E-state index contributed by atoms with van der Waals surface area (Å²) in [5.74, 6) is -11.0. The van der Waals surface area contributed by atoms with Crippen LogP contribution in [0.1, 0.15) is 95.3 Å². The number of ketones is 3. The van der Waals surface area contributed by atoms with Crippen LogP contribution in [0.3, 0.4) is 0 Å². The lowest BCUT2D eigenvalue weighted by molar-refractivity contribution is -0.147. The molecule has 0 bridgehead atoms. The van der Waals surface area contributed by atoms with Crippen molar-refractivity contribution in [3.05, 3.63) is 164 Å². The van der Waals surface area contributed by atoms with Gasteiger partial charge in [-0.3, -0.25) is 14.4 Å². The van der Waals surface area contributed by atoms with E-state index in [9.17, 15) is 20.4 Å². The van der Waals surface area contributed by atoms with E-state index in [1.807, 2.05) is 0 Å². The third kappa shape index (κ3) is 8.38. The van der Waals surface area contributed by atoms with Crippen molar-refractivity contribution in [3.63, 3.8) is 0 Å². The van der Waals surface area contributed by atoms with Crippen molar-refractivity contribution in [2.45, 2.75) is 66.2 Å². The van der Waals surface area contributed by atoms with Crippen LogP contribution < -0.4 is 10.6 Å². The third-order valence-corrected chi connectivity index (χ3v) is 15.6. The molecule has 0 amide bonds. The van der Waals surface area contributed by atoms with E-state index in [4.69, 9.17) is 0 Å². The lowest BCUT2D eigenvalue weighted by Gasteiger charge is -2.55. The third-order valence-electron chi connectivity index (χ3n) is 15.6. The molecule has 2 aliphatic carbocycles. The monoisotopic (exact) mass is 960 g/mol. The lowest BCUT2D eigenvalue weighted by Crippen LogP contribution is -2.60. The zero-order valence-electron chi connectivity index (χ0n) is 39.9. The maximum atomic E-state index is 19.3. The number of piperidine rings is 2. The summed E-state index contributed by atoms with van der Waals surface area (Å²) in [4.78, 5) is 48.8. The second-order valence-corrected chi connectivity index (χ2v) is 19.4. The largest absolute Gasteiger partial charge is 0.508 e. The minimum atomic E-state index is -2.59. The molecule has 9 nitrogen and oxygen atoms in total. The number of nitrogens with one attached hydrogen (secondary N) is 2. The van der Waals surface area contributed by atoms with Crippen LogP contribution in [0.2, 0.25) is 0 Å². The number of hydrogen-bond donors (Lipinski definition) is 6. The fourth-order valence-electron chi connectivity index (χ4n) is 12.5. The molecule has 368 valence electrons. The number of rotatable bonds is 14. The van der Waals surface area contributed by atoms with Gasteiger partial charge in [0.15, 0.2) is 17.3 Å². The topological polar surface area (TPSA) is 156 Å². The zero-order valence-corrected chi connectivity index (χ0v) is 39.9. The van der Waals surface area contributed by atoms with Gasteiger partial charge in [-0.1, -0.05) is 48.5 Å². The first-order chi connectivity index (χ1) is 33.6. The predicted octanol–water partition coefficient (Wildman–Crippen LogP) is 10.0. The molecular formula is C57H60F4N2O7. The summed E-state index contributed by atoms with van der Waals surface area (Å²) in [6.45, 7) is 5.47. The van der Waals surface area contributed by atoms with E-state index in [1.54, 1.807) is 12.1 Å². The Morgan fingerprint density at radius 2 is 0.971 bits per heavy atom. The maximum Gasteiger partial charge on any atom is 0.190 e. The Hall–Kier alpha value is -5.99. The summed E-state index contributed by atoms with van der Waals surface area (Å²) in [6, 6.07) is 19.5. The van der Waals surface area contributed by atoms with Gasteiger partial charge in [0.05, 0.1) is 10.8 Å². The van der Waals surface area contributed by atoms with Gasteiger partial charge in [-0.05, 0) is 185 Å². The van der Waals surface area contributed by atoms with Gasteiger partial charge in [-0.15, -0.1) is 0 Å². The van der Waals surface area contributed by atoms with E-state index >= 15 is 31.9 Å². The number of carbonyl (C=O) groups is 3. The number of aromatic hydroxyl groups is 2. The smallest absolute Gasteiger partial charge is 0.190 e. The van der Waals surface area contributed by atoms with Gasteiger partial charge in [0, 0.05) is 47.3 Å². The SMILES string of the molecule is CC1=C(F)[C@](CCO)(C(=O)[C@@]2(CCO)C(F)=C(C)C(c3cccc(F)c3C)=C(C(=O)c3cccc(O)c3)[C@@H]2C2CCCNC2)[C@@H](C2CCCNC2)C(C(=O)c2cccc(O)c2)=C1c1cccc(F)c1C. The zero-order chi connectivity index (χ0) is 50.2. The Balaban J connectivity index is 1.53. The van der Waals surface area contributed by atoms with E-state index in [2.05, 4.69) is 10.6 Å². The van der Waals surface area contributed by atoms with Crippen molar-refractivity contribution in [3.8, 4) is 11.5 Å². The number of aliphatic hydroxyl groups is 2. The van der Waals surface area contributed by atoms with Crippen molar-refractivity contribution < 1.29 is 52.4 Å². The van der Waals surface area contributed by atoms with Gasteiger partial charge >= 0.3 is 0 Å². The molecule has 13 heteroatoms. The molecular weight excluding hydrogens is 901 g/mol. The first-order valence-corrected chi connectivity index (χ1v) is 24.2. The standard InChI is InChI=1S/C57H60F4N2O7/c1-31-41(17-7-19-43(31)58)45-33(3)53(60)56(21-25-64,49(37-13-9-23-62-29-37)47(45)51(68)35-11-5-15-39(66)27-35)55(70)57(22-26-65)50(38-14-10-24-63-30-38)48(52(69)36-12-6-16-40(67)28-36)46(34(4)54(57)61)42-18-8-20-44(59)32(42)2/h5-8,11-12,15-20,27-28,37-38,49-50,62-67H,9-10,13-14,21-26,29-30H2,1-4H3/t37?,38?,49-,50-,56+,57+/m0/s1. The number of carbonyl (C=O) groups excluding carboxylic acids is 3. The highest BCUT2D eigenvalue weighted by Gasteiger charge is 2.67.